The van der Waals surface area contributed by atoms with Crippen LogP contribution in [0.3, 0.4) is 0 Å². The molecule has 0 aromatic heterocycles. The number of carbonyl (C=O) groups is 4. The van der Waals surface area contributed by atoms with Crippen LogP contribution in [-0.4, -0.2) is 113 Å². The number of nitrogens with one attached hydrogen (secondary N) is 1. The summed E-state index contributed by atoms with van der Waals surface area (Å²) in [6, 6.07) is 0.523. The Labute approximate surface area is 236 Å². The number of hydrogen-bond donors (Lipinski definition) is 6. The van der Waals surface area contributed by atoms with E-state index >= 15 is 0 Å². The molecule has 1 saturated heterocycles. The maximum absolute atomic E-state index is 14.0. The van der Waals surface area contributed by atoms with Gasteiger partial charge in [0.25, 0.3) is 5.91 Å². The number of Topliss-reactive ketones (excluding diaryl/α,β-unsaturated/α-hetero) is 2. The Morgan fingerprint density at radius 1 is 1.15 bits per heavy atom. The lowest BCUT2D eigenvalue weighted by molar-refractivity contribution is -0.148. The number of primary amides is 1. The minimum Gasteiger partial charge on any atom is -0.510 e. The fourth-order valence-electron chi connectivity index (χ4n) is 6.73. The fourth-order valence-corrected chi connectivity index (χ4v) is 6.73. The molecule has 2 unspecified atom stereocenters. The molecular formula is C28H35N5O8. The molecule has 2 amide bonds. The molecule has 4 aliphatic rings. The number of rotatable bonds is 6. The molecule has 1 aliphatic heterocycles. The van der Waals surface area contributed by atoms with Gasteiger partial charge in [-0.1, -0.05) is 0 Å². The Kier molecular flexibility index (Phi) is 6.87. The first kappa shape index (κ1) is 28.6. The van der Waals surface area contributed by atoms with Crippen LogP contribution in [0.4, 0.5) is 11.4 Å². The van der Waals surface area contributed by atoms with Crippen molar-refractivity contribution in [3.63, 3.8) is 0 Å². The van der Waals surface area contributed by atoms with Gasteiger partial charge in [0.1, 0.15) is 17.1 Å². The molecule has 0 spiro atoms. The smallest absolute Gasteiger partial charge is 0.255 e. The van der Waals surface area contributed by atoms with E-state index in [1.165, 1.54) is 4.90 Å². The van der Waals surface area contributed by atoms with E-state index in [-0.39, 0.29) is 42.1 Å². The second-order valence-corrected chi connectivity index (χ2v) is 11.7. The van der Waals surface area contributed by atoms with Crippen molar-refractivity contribution in [2.24, 2.45) is 17.6 Å². The molecule has 5 rings (SSSR count). The molecule has 0 saturated carbocycles. The highest BCUT2D eigenvalue weighted by molar-refractivity contribution is 6.25. The molecular weight excluding hydrogens is 534 g/mol. The van der Waals surface area contributed by atoms with Crippen LogP contribution in [0.5, 0.6) is 5.75 Å². The highest BCUT2D eigenvalue weighted by atomic mass is 16.3. The second kappa shape index (κ2) is 9.86. The minimum atomic E-state index is -2.71. The highest BCUT2D eigenvalue weighted by Crippen LogP contribution is 2.53. The van der Waals surface area contributed by atoms with Crippen molar-refractivity contribution in [3.8, 4) is 5.75 Å². The number of anilines is 2. The Balaban J connectivity index is 1.64. The largest absolute Gasteiger partial charge is 0.510 e. The number of aliphatic hydroxyl groups excluding tert-OH is 2. The number of likely N-dealkylation sites (tertiary alicyclic amines) is 1. The summed E-state index contributed by atoms with van der Waals surface area (Å²) in [4.78, 5) is 57.5. The Bertz CT molecular complexity index is 1440. The number of carbonyl (C=O) groups excluding carboxylic acids is 4. The van der Waals surface area contributed by atoms with Gasteiger partial charge in [-0.2, -0.15) is 0 Å². The summed E-state index contributed by atoms with van der Waals surface area (Å²) in [6.45, 7) is 1.71. The van der Waals surface area contributed by atoms with Crippen molar-refractivity contribution in [1.82, 2.24) is 9.80 Å². The summed E-state index contributed by atoms with van der Waals surface area (Å²) in [5.41, 5.74) is 2.45. The molecule has 4 atom stereocenters. The first-order valence-corrected chi connectivity index (χ1v) is 13.4. The van der Waals surface area contributed by atoms with Gasteiger partial charge < -0.3 is 36.4 Å². The topological polar surface area (TPSA) is 197 Å². The number of ketones is 2. The van der Waals surface area contributed by atoms with Gasteiger partial charge in [-0.05, 0) is 64.0 Å². The molecule has 13 nitrogen and oxygen atoms in total. The van der Waals surface area contributed by atoms with Gasteiger partial charge in [0, 0.05) is 31.3 Å². The lowest BCUT2D eigenvalue weighted by atomic mass is 9.58. The number of nitrogens with zero attached hydrogens (tertiary/aromatic N) is 3. The zero-order valence-electron chi connectivity index (χ0n) is 23.4. The van der Waals surface area contributed by atoms with Gasteiger partial charge in [0.15, 0.2) is 17.1 Å². The van der Waals surface area contributed by atoms with Crippen molar-refractivity contribution < 1.29 is 39.6 Å². The first-order valence-electron chi connectivity index (χ1n) is 13.4. The van der Waals surface area contributed by atoms with Gasteiger partial charge >= 0.3 is 0 Å². The van der Waals surface area contributed by atoms with E-state index in [0.717, 1.165) is 19.5 Å². The highest BCUT2D eigenvalue weighted by Gasteiger charge is 2.63. The van der Waals surface area contributed by atoms with E-state index in [1.54, 1.807) is 39.2 Å². The van der Waals surface area contributed by atoms with Crippen molar-refractivity contribution in [1.29, 1.82) is 0 Å². The summed E-state index contributed by atoms with van der Waals surface area (Å²) < 4.78 is 0. The zero-order chi connectivity index (χ0) is 30.1. The molecule has 220 valence electrons. The van der Waals surface area contributed by atoms with Crippen molar-refractivity contribution >= 4 is 34.8 Å². The van der Waals surface area contributed by atoms with Crippen LogP contribution in [0.25, 0.3) is 0 Å². The first-order chi connectivity index (χ1) is 19.2. The number of amides is 2. The average molecular weight is 570 g/mol. The number of fused-ring (bicyclic) bond motifs is 3. The molecule has 1 aromatic carbocycles. The number of aromatic hydroxyl groups is 1. The van der Waals surface area contributed by atoms with Crippen LogP contribution < -0.4 is 16.0 Å². The number of hydrogen-bond acceptors (Lipinski definition) is 11. The third-order valence-electron chi connectivity index (χ3n) is 8.77. The molecule has 3 aliphatic carbocycles. The number of phenolic OH excluding ortho intramolecular Hbond substituents is 1. The van der Waals surface area contributed by atoms with Gasteiger partial charge in [0.05, 0.1) is 23.8 Å². The van der Waals surface area contributed by atoms with E-state index in [0.29, 0.717) is 11.3 Å². The summed E-state index contributed by atoms with van der Waals surface area (Å²) in [5, 5.41) is 48.0. The molecule has 41 heavy (non-hydrogen) atoms. The van der Waals surface area contributed by atoms with E-state index in [1.807, 2.05) is 4.90 Å². The Morgan fingerprint density at radius 3 is 2.34 bits per heavy atom. The van der Waals surface area contributed by atoms with Crippen molar-refractivity contribution in [2.75, 3.05) is 58.0 Å². The maximum Gasteiger partial charge on any atom is 0.255 e. The molecule has 1 fully saturated rings. The Morgan fingerprint density at radius 2 is 1.80 bits per heavy atom. The van der Waals surface area contributed by atoms with Crippen LogP contribution >= 0.6 is 0 Å². The minimum absolute atomic E-state index is 0.00624. The normalized spacial score (nSPS) is 27.7. The number of likely N-dealkylation sites (N-methyl/N-ethyl adjacent to an activating group) is 1. The van der Waals surface area contributed by atoms with Crippen LogP contribution in [-0.2, 0) is 20.8 Å². The Hall–Kier alpha value is -3.94. The molecule has 1 aromatic rings. The SMILES string of the molecule is CN(C)c1cc(NC(=O)CN2CCC2)c(O)c2c1CC1CC3[C@H](N(C)C)C(O)=C(C(N)=O)C(=O)[C@@]3(O)C(O)=C1C2=O. The third-order valence-corrected chi connectivity index (χ3v) is 8.77. The maximum atomic E-state index is 14.0. The average Bonchev–Trinajstić information content (AvgIpc) is 2.84. The molecule has 13 heteroatoms. The lowest BCUT2D eigenvalue weighted by Gasteiger charge is -2.50. The molecule has 7 N–H and O–H groups in total. The predicted octanol–water partition coefficient (Wildman–Crippen LogP) is -0.169. The summed E-state index contributed by atoms with van der Waals surface area (Å²) >= 11 is 0. The van der Waals surface area contributed by atoms with Crippen molar-refractivity contribution in [3.05, 3.63) is 39.9 Å². The number of phenols is 1. The number of benzene rings is 1. The molecule has 0 radical (unpaired) electrons. The van der Waals surface area contributed by atoms with Crippen molar-refractivity contribution in [2.45, 2.75) is 30.9 Å². The number of nitrogens with two attached hydrogens (primary N) is 1. The van der Waals surface area contributed by atoms with Gasteiger partial charge in [-0.25, -0.2) is 0 Å². The van der Waals surface area contributed by atoms with E-state index in [9.17, 15) is 39.6 Å². The van der Waals surface area contributed by atoms with Crippen LogP contribution in [0.2, 0.25) is 0 Å². The zero-order valence-corrected chi connectivity index (χ0v) is 23.4. The van der Waals surface area contributed by atoms with Crippen LogP contribution in [0, 0.1) is 11.8 Å². The van der Waals surface area contributed by atoms with E-state index < -0.39 is 63.8 Å². The lowest BCUT2D eigenvalue weighted by Crippen LogP contribution is -2.63. The van der Waals surface area contributed by atoms with Gasteiger partial charge in [-0.3, -0.25) is 29.0 Å². The predicted molar refractivity (Wildman–Crippen MR) is 148 cm³/mol. The summed E-state index contributed by atoms with van der Waals surface area (Å²) in [6.07, 6.45) is 1.14. The summed E-state index contributed by atoms with van der Waals surface area (Å²) in [7, 11) is 6.66. The van der Waals surface area contributed by atoms with Crippen LogP contribution in [0.15, 0.2) is 28.7 Å². The molecule has 0 bridgehead atoms. The summed E-state index contributed by atoms with van der Waals surface area (Å²) in [5.74, 6) is -7.59. The van der Waals surface area contributed by atoms with E-state index in [2.05, 4.69) is 5.32 Å². The molecule has 1 heterocycles. The number of aliphatic hydroxyl groups is 3. The fraction of sp³-hybridized carbons (Fsp3) is 0.500. The van der Waals surface area contributed by atoms with Gasteiger partial charge in [0.2, 0.25) is 11.7 Å². The van der Waals surface area contributed by atoms with Gasteiger partial charge in [-0.15, -0.1) is 0 Å². The third kappa shape index (κ3) is 4.18. The second-order valence-electron chi connectivity index (χ2n) is 11.7. The van der Waals surface area contributed by atoms with Crippen LogP contribution in [0.1, 0.15) is 28.8 Å². The quantitative estimate of drug-likeness (QED) is 0.196. The number of allylic oxidation sites excluding steroid dienone is 1. The van der Waals surface area contributed by atoms with E-state index in [4.69, 9.17) is 5.73 Å². The standard InChI is InChI=1S/C28H35N5O8/c1-31(2)16-10-15(30-17(34)11-33-6-5-7-33)22(35)19-13(16)8-12-9-14-21(32(3)4)24(37)20(27(29)40)26(39)28(14,41)25(38)18(12)23(19)36/h10,12,14,21,35,37-38,41H,5-9,11H2,1-4H3,(H2,29,40)(H,30,34)/t12?,14?,21-,28-/m0/s1. The monoisotopic (exact) mass is 569 g/mol.